The molecule has 0 aliphatic rings. The lowest BCUT2D eigenvalue weighted by Gasteiger charge is -2.04. The fourth-order valence-electron chi connectivity index (χ4n) is 20.0. The Hall–Kier alpha value is -2.70. The predicted octanol–water partition coefficient (Wildman–Crippen LogP) is 42.9. The summed E-state index contributed by atoms with van der Waals surface area (Å²) in [6, 6.07) is 16.7. The summed E-state index contributed by atoms with van der Waals surface area (Å²) in [6.07, 6.45) is 90.7. The molecule has 13 aromatic rings. The van der Waals surface area contributed by atoms with Crippen LogP contribution in [0.3, 0.4) is 0 Å². The molecule has 0 spiro atoms. The molecule has 9 heteroatoms. The Bertz CT molecular complexity index is 4510. The second-order valence-corrected chi connectivity index (χ2v) is 46.7. The first-order valence-electron chi connectivity index (χ1n) is 50.3. The van der Waals surface area contributed by atoms with E-state index in [2.05, 4.69) is 180 Å². The number of aryl methyl sites for hydroxylation is 6. The summed E-state index contributed by atoms with van der Waals surface area (Å²) in [5, 5.41) is 19.1. The van der Waals surface area contributed by atoms with Crippen molar-refractivity contribution in [2.24, 2.45) is 0 Å². The van der Waals surface area contributed by atoms with Crippen molar-refractivity contribution in [3.63, 3.8) is 0 Å². The average molecular weight is 1740 g/mol. The van der Waals surface area contributed by atoms with Gasteiger partial charge in [-0.3, -0.25) is 0 Å². The third kappa shape index (κ3) is 24.9. The molecule has 0 bridgehead atoms. The lowest BCUT2D eigenvalue weighted by atomic mass is 9.98. The zero-order chi connectivity index (χ0) is 80.6. The van der Waals surface area contributed by atoms with E-state index >= 15 is 0 Å². The van der Waals surface area contributed by atoms with E-state index in [1.54, 1.807) is 150 Å². The summed E-state index contributed by atoms with van der Waals surface area (Å²) in [4.78, 5) is 9.78. The van der Waals surface area contributed by atoms with E-state index in [0.29, 0.717) is 0 Å². The topological polar surface area (TPSA) is 0 Å². The molecular formula is C108H156S9. The first-order valence-corrected chi connectivity index (χ1v) is 57.6. The van der Waals surface area contributed by atoms with Gasteiger partial charge in [0.1, 0.15) is 0 Å². The maximum absolute atomic E-state index is 2.80. The number of unbranched alkanes of at least 4 members (excludes halogenated alkanes) is 54. The summed E-state index contributed by atoms with van der Waals surface area (Å²) in [5.74, 6) is 0. The second kappa shape index (κ2) is 50.4. The maximum Gasteiger partial charge on any atom is 0.0538 e. The van der Waals surface area contributed by atoms with Gasteiger partial charge in [0.15, 0.2) is 0 Å². The maximum atomic E-state index is 2.80. The Morgan fingerprint density at radius 2 is 0.265 bits per heavy atom. The first kappa shape index (κ1) is 92.0. The van der Waals surface area contributed by atoms with Gasteiger partial charge in [-0.25, -0.2) is 0 Å². The minimum Gasteiger partial charge on any atom is -0.139 e. The van der Waals surface area contributed by atoms with Gasteiger partial charge in [0.25, 0.3) is 0 Å². The molecule has 9 aromatic heterocycles. The zero-order valence-electron chi connectivity index (χ0n) is 74.8. The predicted molar refractivity (Wildman–Crippen MR) is 551 cm³/mol. The number of fused-ring (bicyclic) bond motifs is 27. The van der Waals surface area contributed by atoms with Gasteiger partial charge in [-0.2, -0.15) is 0 Å². The molecule has 0 radical (unpaired) electrons. The molecular weight excluding hydrogens is 1590 g/mol. The molecule has 0 unspecified atom stereocenters. The largest absolute Gasteiger partial charge is 0.139 e. The fourth-order valence-corrected chi connectivity index (χ4v) is 32.3. The van der Waals surface area contributed by atoms with Crippen molar-refractivity contribution >= 4 is 223 Å². The zero-order valence-corrected chi connectivity index (χ0v) is 82.2. The molecule has 0 atom stereocenters. The van der Waals surface area contributed by atoms with Crippen molar-refractivity contribution in [1.82, 2.24) is 0 Å². The SMILES string of the molecule is CCCCCCCCCCCCc1cc2c(s1)c1sc(CCCCCCCCCCCC)cc1c1c2sc2c1c1sc3c4cc(CCCCCCCCCCCC)sc4c4sc(CCCCCCCCCCCC)cc4c3c1c1sc3c4cc(CCCCCCCCCCCC)sc4c4sc(CCCCCCCCCCCC)cc4c3c21. The van der Waals surface area contributed by atoms with Crippen LogP contribution in [0.4, 0.5) is 0 Å². The van der Waals surface area contributed by atoms with E-state index in [1.807, 2.05) is 0 Å². The number of thiophene rings is 9. The normalized spacial score (nSPS) is 12.6. The van der Waals surface area contributed by atoms with E-state index in [0.717, 1.165) is 0 Å². The van der Waals surface area contributed by atoms with Crippen molar-refractivity contribution in [2.45, 2.75) is 465 Å². The number of hydrogen-bond donors (Lipinski definition) is 0. The van der Waals surface area contributed by atoms with Crippen LogP contribution in [0.1, 0.15) is 456 Å². The lowest BCUT2D eigenvalue weighted by Crippen LogP contribution is -1.84. The van der Waals surface area contributed by atoms with Crippen molar-refractivity contribution < 1.29 is 0 Å². The highest BCUT2D eigenvalue weighted by Gasteiger charge is 2.31. The highest BCUT2D eigenvalue weighted by Crippen LogP contribution is 2.61. The van der Waals surface area contributed by atoms with Gasteiger partial charge >= 0.3 is 0 Å². The number of hydrogen-bond acceptors (Lipinski definition) is 9. The fraction of sp³-hybridized carbons (Fsp3) is 0.667. The lowest BCUT2D eigenvalue weighted by molar-refractivity contribution is 0.557. The highest BCUT2D eigenvalue weighted by atomic mass is 32.1. The van der Waals surface area contributed by atoms with Gasteiger partial charge in [-0.15, -0.1) is 102 Å². The van der Waals surface area contributed by atoms with Gasteiger partial charge in [0.2, 0.25) is 0 Å². The summed E-state index contributed by atoms with van der Waals surface area (Å²) < 4.78 is 19.1. The number of rotatable bonds is 66. The summed E-state index contributed by atoms with van der Waals surface area (Å²) in [5.41, 5.74) is 0. The van der Waals surface area contributed by atoms with Gasteiger partial charge in [-0.05, 0) is 113 Å². The van der Waals surface area contributed by atoms with E-state index in [1.165, 1.54) is 424 Å². The Kier molecular flexibility index (Phi) is 39.7. The minimum absolute atomic E-state index is 1.21. The van der Waals surface area contributed by atoms with Crippen LogP contribution in [0.5, 0.6) is 0 Å². The van der Waals surface area contributed by atoms with Gasteiger partial charge < -0.3 is 0 Å². The molecule has 0 aliphatic carbocycles. The summed E-state index contributed by atoms with van der Waals surface area (Å²) >= 11 is 20.0. The van der Waals surface area contributed by atoms with Gasteiger partial charge in [0, 0.05) is 122 Å². The van der Waals surface area contributed by atoms with Crippen LogP contribution >= 0.6 is 102 Å². The molecule has 0 aliphatic heterocycles. The molecule has 0 saturated carbocycles. The van der Waals surface area contributed by atoms with Crippen LogP contribution in [-0.2, 0) is 38.5 Å². The molecule has 117 heavy (non-hydrogen) atoms. The van der Waals surface area contributed by atoms with Crippen molar-refractivity contribution in [1.29, 1.82) is 0 Å². The number of benzene rings is 4. The second-order valence-electron chi connectivity index (χ2n) is 36.9. The molecule has 4 aromatic carbocycles. The van der Waals surface area contributed by atoms with Gasteiger partial charge in [0.05, 0.1) is 28.2 Å². The van der Waals surface area contributed by atoms with Crippen LogP contribution in [0.15, 0.2) is 36.4 Å². The van der Waals surface area contributed by atoms with Crippen molar-refractivity contribution in [3.8, 4) is 0 Å². The molecule has 0 saturated heterocycles. The Morgan fingerprint density at radius 3 is 0.427 bits per heavy atom. The van der Waals surface area contributed by atoms with Crippen LogP contribution in [-0.4, -0.2) is 0 Å². The molecule has 13 rings (SSSR count). The molecule has 642 valence electrons. The molecule has 0 fully saturated rings. The Morgan fingerprint density at radius 1 is 0.128 bits per heavy atom. The monoisotopic (exact) mass is 1740 g/mol. The highest BCUT2D eigenvalue weighted by molar-refractivity contribution is 7.37. The quantitative estimate of drug-likeness (QED) is 0.0333. The van der Waals surface area contributed by atoms with E-state index < -0.39 is 0 Å². The third-order valence-corrected chi connectivity index (χ3v) is 38.3. The van der Waals surface area contributed by atoms with E-state index in [-0.39, 0.29) is 0 Å². The van der Waals surface area contributed by atoms with Crippen molar-refractivity contribution in [2.75, 3.05) is 0 Å². The van der Waals surface area contributed by atoms with E-state index in [4.69, 9.17) is 0 Å². The van der Waals surface area contributed by atoms with Crippen LogP contribution < -0.4 is 0 Å². The molecule has 0 nitrogen and oxygen atoms in total. The third-order valence-electron chi connectivity index (χ3n) is 26.9. The molecule has 9 heterocycles. The average Bonchev–Trinajstić information content (AvgIpc) is 1.50. The van der Waals surface area contributed by atoms with E-state index in [9.17, 15) is 0 Å². The standard InChI is InChI=1S/C108H156S9/c1-7-13-19-25-31-37-43-49-55-61-67-79-73-85-91-94-106(115-97(91)88-76-82(112-103(88)100(85)109-79)70-64-58-52-46-40-34-28-22-16-10-4)95-92-86-74-80(68-62-56-50-44-38-32-26-20-14-8-2)110-101(86)105-90(78-84(114-105)72-66-60-54-48-42-36-30-24-18-12-6)99(92)117-108(95)96-93-87-75-81(69-63-57-51-45-39-33-27-21-15-9-3)111-102(87)104-89(98(93)116-107(94)96)77-83(113-104)71-65-59-53-47-41-35-29-23-17-11-5/h73-78H,7-72H2,1-6H3. The molecule has 0 N–H and O–H groups in total. The van der Waals surface area contributed by atoms with Crippen LogP contribution in [0.2, 0.25) is 0 Å². The first-order chi connectivity index (χ1) is 57.9. The van der Waals surface area contributed by atoms with Crippen LogP contribution in [0, 0.1) is 0 Å². The minimum atomic E-state index is 1.21. The van der Waals surface area contributed by atoms with Gasteiger partial charge in [-0.1, -0.05) is 388 Å². The van der Waals surface area contributed by atoms with Crippen LogP contribution in [0.25, 0.3) is 121 Å². The molecule has 0 amide bonds. The van der Waals surface area contributed by atoms with Crippen molar-refractivity contribution in [3.05, 3.63) is 65.7 Å². The summed E-state index contributed by atoms with van der Waals surface area (Å²) in [6.45, 7) is 14.1. The smallest absolute Gasteiger partial charge is 0.0538 e. The summed E-state index contributed by atoms with van der Waals surface area (Å²) in [7, 11) is 0. The Labute approximate surface area is 747 Å². The Balaban J connectivity index is 0.972.